The molecule has 0 spiro atoms. The van der Waals surface area contributed by atoms with Gasteiger partial charge < -0.3 is 14.7 Å². The zero-order chi connectivity index (χ0) is 15.3. The van der Waals surface area contributed by atoms with Crippen LogP contribution in [0.2, 0.25) is 0 Å². The lowest BCUT2D eigenvalue weighted by atomic mass is 9.78. The van der Waals surface area contributed by atoms with Gasteiger partial charge in [0.05, 0.1) is 24.0 Å². The van der Waals surface area contributed by atoms with Gasteiger partial charge in [-0.3, -0.25) is 9.59 Å². The van der Waals surface area contributed by atoms with Crippen molar-refractivity contribution in [3.63, 3.8) is 0 Å². The average Bonchev–Trinajstić information content (AvgIpc) is 3.14. The topological polar surface area (TPSA) is 66.8 Å². The smallest absolute Gasteiger partial charge is 0.310 e. The summed E-state index contributed by atoms with van der Waals surface area (Å²) in [5.74, 6) is -2.14. The van der Waals surface area contributed by atoms with Gasteiger partial charge in [-0.1, -0.05) is 24.3 Å². The Bertz CT molecular complexity index is 629. The zero-order valence-corrected chi connectivity index (χ0v) is 12.3. The van der Waals surface area contributed by atoms with E-state index in [1.165, 1.54) is 5.56 Å². The van der Waals surface area contributed by atoms with Gasteiger partial charge in [-0.15, -0.1) is 0 Å². The predicted octanol–water partition coefficient (Wildman–Crippen LogP) is 1.45. The van der Waals surface area contributed by atoms with Crippen LogP contribution in [0.3, 0.4) is 0 Å². The maximum atomic E-state index is 12.9. The second-order valence-corrected chi connectivity index (χ2v) is 6.46. The van der Waals surface area contributed by atoms with Gasteiger partial charge in [0.15, 0.2) is 0 Å². The first-order valence-corrected chi connectivity index (χ1v) is 7.89. The lowest BCUT2D eigenvalue weighted by Gasteiger charge is -2.34. The summed E-state index contributed by atoms with van der Waals surface area (Å²) in [7, 11) is 0. The average molecular weight is 301 g/mol. The summed E-state index contributed by atoms with van der Waals surface area (Å²) in [5, 5.41) is 9.46. The van der Waals surface area contributed by atoms with E-state index in [2.05, 4.69) is 6.07 Å². The van der Waals surface area contributed by atoms with E-state index in [9.17, 15) is 14.7 Å². The third-order valence-corrected chi connectivity index (χ3v) is 5.29. The first-order valence-electron chi connectivity index (χ1n) is 7.89. The molecule has 116 valence electrons. The first kappa shape index (κ1) is 13.8. The van der Waals surface area contributed by atoms with Crippen LogP contribution in [-0.4, -0.2) is 40.6 Å². The van der Waals surface area contributed by atoms with Crippen LogP contribution in [0, 0.1) is 11.8 Å². The highest BCUT2D eigenvalue weighted by Crippen LogP contribution is 2.44. The van der Waals surface area contributed by atoms with Crippen molar-refractivity contribution < 1.29 is 19.4 Å². The lowest BCUT2D eigenvalue weighted by Crippen LogP contribution is -2.47. The van der Waals surface area contributed by atoms with E-state index in [4.69, 9.17) is 4.74 Å². The zero-order valence-electron chi connectivity index (χ0n) is 12.3. The molecule has 4 rings (SSSR count). The molecule has 5 nitrogen and oxygen atoms in total. The van der Waals surface area contributed by atoms with Gasteiger partial charge in [0.25, 0.3) is 0 Å². The molecular formula is C17H19NO4. The number of hydrogen-bond donors (Lipinski definition) is 1. The minimum absolute atomic E-state index is 0.0471. The van der Waals surface area contributed by atoms with Gasteiger partial charge in [0, 0.05) is 13.1 Å². The van der Waals surface area contributed by atoms with Crippen LogP contribution >= 0.6 is 0 Å². The van der Waals surface area contributed by atoms with Gasteiger partial charge in [-0.25, -0.2) is 0 Å². The molecule has 22 heavy (non-hydrogen) atoms. The number of carboxylic acid groups (broad SMARTS) is 1. The van der Waals surface area contributed by atoms with E-state index in [0.717, 1.165) is 24.8 Å². The number of hydrogen-bond acceptors (Lipinski definition) is 3. The molecule has 4 atom stereocenters. The van der Waals surface area contributed by atoms with Crippen LogP contribution in [0.15, 0.2) is 24.3 Å². The Kier molecular flexibility index (Phi) is 3.18. The van der Waals surface area contributed by atoms with Gasteiger partial charge in [-0.05, 0) is 30.4 Å². The van der Waals surface area contributed by atoms with Gasteiger partial charge in [0.1, 0.15) is 0 Å². The fourth-order valence-corrected chi connectivity index (χ4v) is 4.20. The highest BCUT2D eigenvalue weighted by atomic mass is 16.5. The number of ether oxygens (including phenoxy) is 1. The van der Waals surface area contributed by atoms with Gasteiger partial charge in [-0.2, -0.15) is 0 Å². The van der Waals surface area contributed by atoms with Crippen molar-refractivity contribution in [1.29, 1.82) is 0 Å². The molecule has 0 aromatic heterocycles. The fourth-order valence-electron chi connectivity index (χ4n) is 4.20. The summed E-state index contributed by atoms with van der Waals surface area (Å²) in [5.41, 5.74) is 2.45. The summed E-state index contributed by atoms with van der Waals surface area (Å²) in [6.45, 7) is 1.24. The van der Waals surface area contributed by atoms with Crippen LogP contribution in [0.25, 0.3) is 0 Å². The molecule has 1 N–H and O–H groups in total. The molecule has 5 heteroatoms. The van der Waals surface area contributed by atoms with Crippen molar-refractivity contribution in [1.82, 2.24) is 4.90 Å². The van der Waals surface area contributed by atoms with E-state index in [-0.39, 0.29) is 18.1 Å². The molecule has 0 unspecified atom stereocenters. The monoisotopic (exact) mass is 301 g/mol. The molecule has 2 fully saturated rings. The molecule has 2 bridgehead atoms. The van der Waals surface area contributed by atoms with Crippen molar-refractivity contribution >= 4 is 11.9 Å². The molecule has 0 aliphatic carbocycles. The Hall–Kier alpha value is -1.88. The second kappa shape index (κ2) is 5.09. The van der Waals surface area contributed by atoms with E-state index >= 15 is 0 Å². The van der Waals surface area contributed by atoms with E-state index in [0.29, 0.717) is 13.1 Å². The quantitative estimate of drug-likeness (QED) is 0.898. The number of fused-ring (bicyclic) bond motifs is 3. The minimum Gasteiger partial charge on any atom is -0.481 e. The SMILES string of the molecule is O=C(O)[C@@H]1[C@H](C(=O)N2CCc3ccccc3C2)[C@@H]2CC[C@@H]1O2. The van der Waals surface area contributed by atoms with E-state index < -0.39 is 17.8 Å². The number of amides is 1. The van der Waals surface area contributed by atoms with Crippen LogP contribution in [0.5, 0.6) is 0 Å². The Labute approximate surface area is 128 Å². The summed E-state index contributed by atoms with van der Waals surface area (Å²) in [4.78, 5) is 26.2. The fraction of sp³-hybridized carbons (Fsp3) is 0.529. The van der Waals surface area contributed by atoms with E-state index in [1.807, 2.05) is 23.1 Å². The van der Waals surface area contributed by atoms with Crippen LogP contribution in [0.1, 0.15) is 24.0 Å². The highest BCUT2D eigenvalue weighted by molar-refractivity contribution is 5.86. The number of benzene rings is 1. The molecule has 3 heterocycles. The molecule has 3 aliphatic heterocycles. The molecular weight excluding hydrogens is 282 g/mol. The summed E-state index contributed by atoms with van der Waals surface area (Å²) in [6, 6.07) is 8.13. The van der Waals surface area contributed by atoms with Crippen molar-refractivity contribution in [2.75, 3.05) is 6.54 Å². The molecule has 0 saturated carbocycles. The summed E-state index contributed by atoms with van der Waals surface area (Å²) < 4.78 is 5.71. The Balaban J connectivity index is 1.56. The van der Waals surface area contributed by atoms with Crippen molar-refractivity contribution in [2.45, 2.75) is 38.0 Å². The number of nitrogens with zero attached hydrogens (tertiary/aromatic N) is 1. The molecule has 2 saturated heterocycles. The minimum atomic E-state index is -0.900. The lowest BCUT2D eigenvalue weighted by molar-refractivity contribution is -0.151. The van der Waals surface area contributed by atoms with Gasteiger partial charge >= 0.3 is 5.97 Å². The van der Waals surface area contributed by atoms with E-state index in [1.54, 1.807) is 0 Å². The Morgan fingerprint density at radius 3 is 2.50 bits per heavy atom. The number of carboxylic acids is 1. The normalized spacial score (nSPS) is 32.8. The third kappa shape index (κ3) is 2.03. The summed E-state index contributed by atoms with van der Waals surface area (Å²) >= 11 is 0. The molecule has 0 radical (unpaired) electrons. The van der Waals surface area contributed by atoms with Crippen LogP contribution in [-0.2, 0) is 27.3 Å². The standard InChI is InChI=1S/C17H19NO4/c19-16(14-12-5-6-13(22-12)15(14)17(20)21)18-8-7-10-3-1-2-4-11(10)9-18/h1-4,12-15H,5-9H2,(H,20,21)/t12-,13-,14+,15-/m0/s1. The molecule has 1 amide bonds. The molecule has 1 aromatic rings. The number of aliphatic carboxylic acids is 1. The van der Waals surface area contributed by atoms with Gasteiger partial charge in [0.2, 0.25) is 5.91 Å². The largest absolute Gasteiger partial charge is 0.481 e. The number of carbonyl (C=O) groups is 2. The van der Waals surface area contributed by atoms with Crippen LogP contribution in [0.4, 0.5) is 0 Å². The molecule has 3 aliphatic rings. The van der Waals surface area contributed by atoms with Crippen molar-refractivity contribution in [3.8, 4) is 0 Å². The predicted molar refractivity (Wildman–Crippen MR) is 78.1 cm³/mol. The first-order chi connectivity index (χ1) is 10.6. The Morgan fingerprint density at radius 1 is 1.09 bits per heavy atom. The summed E-state index contributed by atoms with van der Waals surface area (Å²) in [6.07, 6.45) is 1.90. The van der Waals surface area contributed by atoms with Crippen molar-refractivity contribution in [3.05, 3.63) is 35.4 Å². The second-order valence-electron chi connectivity index (χ2n) is 6.46. The Morgan fingerprint density at radius 2 is 1.77 bits per heavy atom. The molecule has 1 aromatic carbocycles. The van der Waals surface area contributed by atoms with Crippen LogP contribution < -0.4 is 0 Å². The maximum absolute atomic E-state index is 12.9. The van der Waals surface area contributed by atoms with Crippen molar-refractivity contribution in [2.24, 2.45) is 11.8 Å². The maximum Gasteiger partial charge on any atom is 0.310 e. The number of carbonyl (C=O) groups excluding carboxylic acids is 1. The highest BCUT2D eigenvalue weighted by Gasteiger charge is 2.56. The number of rotatable bonds is 2. The third-order valence-electron chi connectivity index (χ3n) is 5.29.